The van der Waals surface area contributed by atoms with Crippen molar-refractivity contribution in [2.45, 2.75) is 0 Å². The van der Waals surface area contributed by atoms with Crippen LogP contribution in [0.2, 0.25) is 0 Å². The number of aromatic nitrogens is 1. The van der Waals surface area contributed by atoms with Crippen molar-refractivity contribution >= 4 is 15.8 Å². The summed E-state index contributed by atoms with van der Waals surface area (Å²) in [6.45, 7) is 2.18. The van der Waals surface area contributed by atoms with Crippen molar-refractivity contribution in [3.8, 4) is 6.07 Å². The molecule has 0 aliphatic carbocycles. The molecular weight excluding hydrogens is 252 g/mol. The molecule has 1 aliphatic heterocycles. The van der Waals surface area contributed by atoms with E-state index in [-0.39, 0.29) is 0 Å². The molecule has 96 valence electrons. The number of piperazine rings is 1. The monoisotopic (exact) mass is 266 g/mol. The van der Waals surface area contributed by atoms with Gasteiger partial charge >= 0.3 is 0 Å². The Kier molecular flexibility index (Phi) is 3.50. The number of sulfonamides is 1. The van der Waals surface area contributed by atoms with E-state index in [1.807, 2.05) is 11.0 Å². The van der Waals surface area contributed by atoms with Crippen LogP contribution in [0, 0.1) is 11.3 Å². The Hall–Kier alpha value is -1.65. The average molecular weight is 266 g/mol. The number of nitriles is 1. The van der Waals surface area contributed by atoms with Gasteiger partial charge in [-0.3, -0.25) is 0 Å². The molecule has 0 bridgehead atoms. The summed E-state index contributed by atoms with van der Waals surface area (Å²) < 4.78 is 24.2. The van der Waals surface area contributed by atoms with Crippen LogP contribution in [0.15, 0.2) is 18.3 Å². The van der Waals surface area contributed by atoms with Gasteiger partial charge in [0.15, 0.2) is 0 Å². The summed E-state index contributed by atoms with van der Waals surface area (Å²) in [5, 5.41) is 8.69. The molecule has 1 aliphatic rings. The maximum absolute atomic E-state index is 11.4. The van der Waals surface area contributed by atoms with E-state index in [1.165, 1.54) is 16.8 Å². The van der Waals surface area contributed by atoms with E-state index in [2.05, 4.69) is 4.98 Å². The predicted octanol–water partition coefficient (Wildman–Crippen LogP) is 0.0349. The second-order valence-corrected chi connectivity index (χ2v) is 6.15. The van der Waals surface area contributed by atoms with Gasteiger partial charge in [-0.25, -0.2) is 13.4 Å². The smallest absolute Gasteiger partial charge is 0.211 e. The predicted molar refractivity (Wildman–Crippen MR) is 67.6 cm³/mol. The van der Waals surface area contributed by atoms with Gasteiger partial charge in [-0.15, -0.1) is 0 Å². The van der Waals surface area contributed by atoms with E-state index in [4.69, 9.17) is 5.26 Å². The van der Waals surface area contributed by atoms with Gasteiger partial charge in [0.05, 0.1) is 11.8 Å². The van der Waals surface area contributed by atoms with Gasteiger partial charge in [-0.1, -0.05) is 0 Å². The zero-order valence-corrected chi connectivity index (χ0v) is 10.9. The molecule has 0 amide bonds. The van der Waals surface area contributed by atoms with Gasteiger partial charge in [0.2, 0.25) is 10.0 Å². The highest BCUT2D eigenvalue weighted by Gasteiger charge is 2.23. The lowest BCUT2D eigenvalue weighted by atomic mass is 10.3. The van der Waals surface area contributed by atoms with Crippen molar-refractivity contribution in [1.29, 1.82) is 5.26 Å². The number of hydrogen-bond acceptors (Lipinski definition) is 5. The number of anilines is 1. The lowest BCUT2D eigenvalue weighted by Gasteiger charge is -2.33. The summed E-state index contributed by atoms with van der Waals surface area (Å²) in [4.78, 5) is 6.21. The zero-order valence-electron chi connectivity index (χ0n) is 10.1. The molecule has 0 radical (unpaired) electrons. The minimum atomic E-state index is -3.10. The van der Waals surface area contributed by atoms with Crippen molar-refractivity contribution < 1.29 is 8.42 Å². The first-order valence-corrected chi connectivity index (χ1v) is 7.42. The maximum atomic E-state index is 11.4. The quantitative estimate of drug-likeness (QED) is 0.755. The first-order chi connectivity index (χ1) is 8.50. The lowest BCUT2D eigenvalue weighted by Crippen LogP contribution is -2.48. The molecule has 1 saturated heterocycles. The summed E-state index contributed by atoms with van der Waals surface area (Å²) in [5.41, 5.74) is 0.522. The molecule has 0 spiro atoms. The maximum Gasteiger partial charge on any atom is 0.211 e. The van der Waals surface area contributed by atoms with Gasteiger partial charge in [-0.2, -0.15) is 9.57 Å². The third kappa shape index (κ3) is 2.78. The molecule has 7 heteroatoms. The normalized spacial score (nSPS) is 17.4. The average Bonchev–Trinajstić information content (AvgIpc) is 2.38. The molecule has 1 aromatic rings. The number of nitrogens with zero attached hydrogens (tertiary/aromatic N) is 4. The van der Waals surface area contributed by atoms with Crippen LogP contribution in [0.3, 0.4) is 0 Å². The number of rotatable bonds is 2. The van der Waals surface area contributed by atoms with Gasteiger partial charge in [0.1, 0.15) is 11.9 Å². The Bertz CT molecular complexity index is 554. The summed E-state index contributed by atoms with van der Waals surface area (Å²) in [6.07, 6.45) is 2.75. The van der Waals surface area contributed by atoms with Crippen LogP contribution in [0.5, 0.6) is 0 Å². The third-order valence-electron chi connectivity index (χ3n) is 2.91. The van der Waals surface area contributed by atoms with Gasteiger partial charge < -0.3 is 4.90 Å². The molecule has 0 atom stereocenters. The molecule has 1 aromatic heterocycles. The standard InChI is InChI=1S/C11H14N4O2S/c1-18(16,17)15-6-4-14(5-7-15)11-3-2-10(8-12)9-13-11/h2-3,9H,4-7H2,1H3. The zero-order chi connectivity index (χ0) is 13.2. The fraction of sp³-hybridized carbons (Fsp3) is 0.455. The number of pyridine rings is 1. The highest BCUT2D eigenvalue weighted by molar-refractivity contribution is 7.88. The highest BCUT2D eigenvalue weighted by atomic mass is 32.2. The minimum Gasteiger partial charge on any atom is -0.354 e. The van der Waals surface area contributed by atoms with E-state index in [0.29, 0.717) is 31.7 Å². The lowest BCUT2D eigenvalue weighted by molar-refractivity contribution is 0.387. The number of hydrogen-bond donors (Lipinski definition) is 0. The molecule has 2 heterocycles. The molecular formula is C11H14N4O2S. The summed E-state index contributed by atoms with van der Waals surface area (Å²) in [6, 6.07) is 5.52. The van der Waals surface area contributed by atoms with Crippen molar-refractivity contribution in [1.82, 2.24) is 9.29 Å². The van der Waals surface area contributed by atoms with Crippen molar-refractivity contribution in [3.63, 3.8) is 0 Å². The highest BCUT2D eigenvalue weighted by Crippen LogP contribution is 2.14. The summed E-state index contributed by atoms with van der Waals surface area (Å²) in [7, 11) is -3.10. The molecule has 0 aromatic carbocycles. The second kappa shape index (κ2) is 4.92. The Labute approximate surface area is 107 Å². The van der Waals surface area contributed by atoms with Gasteiger partial charge in [0, 0.05) is 32.4 Å². The molecule has 1 fully saturated rings. The summed E-state index contributed by atoms with van der Waals surface area (Å²) >= 11 is 0. The van der Waals surface area contributed by atoms with Crippen LogP contribution in [0.4, 0.5) is 5.82 Å². The molecule has 6 nitrogen and oxygen atoms in total. The van der Waals surface area contributed by atoms with Crippen molar-refractivity contribution in [3.05, 3.63) is 23.9 Å². The van der Waals surface area contributed by atoms with E-state index < -0.39 is 10.0 Å². The molecule has 0 saturated carbocycles. The minimum absolute atomic E-state index is 0.473. The fourth-order valence-corrected chi connectivity index (χ4v) is 2.71. The fourth-order valence-electron chi connectivity index (χ4n) is 1.89. The second-order valence-electron chi connectivity index (χ2n) is 4.17. The Balaban J connectivity index is 2.03. The third-order valence-corrected chi connectivity index (χ3v) is 4.21. The van der Waals surface area contributed by atoms with Gasteiger partial charge in [0.25, 0.3) is 0 Å². The van der Waals surface area contributed by atoms with E-state index in [9.17, 15) is 8.42 Å². The molecule has 2 rings (SSSR count). The summed E-state index contributed by atoms with van der Waals surface area (Å²) in [5.74, 6) is 0.780. The van der Waals surface area contributed by atoms with Crippen LogP contribution in [-0.2, 0) is 10.0 Å². The van der Waals surface area contributed by atoms with E-state index in [1.54, 1.807) is 12.1 Å². The Morgan fingerprint density at radius 1 is 1.28 bits per heavy atom. The van der Waals surface area contributed by atoms with Crippen LogP contribution >= 0.6 is 0 Å². The largest absolute Gasteiger partial charge is 0.354 e. The van der Waals surface area contributed by atoms with Crippen molar-refractivity contribution in [2.24, 2.45) is 0 Å². The van der Waals surface area contributed by atoms with E-state index in [0.717, 1.165) is 5.82 Å². The van der Waals surface area contributed by atoms with Crippen molar-refractivity contribution in [2.75, 3.05) is 37.3 Å². The molecule has 18 heavy (non-hydrogen) atoms. The SMILES string of the molecule is CS(=O)(=O)N1CCN(c2ccc(C#N)cn2)CC1. The van der Waals surface area contributed by atoms with Crippen LogP contribution in [0.1, 0.15) is 5.56 Å². The van der Waals surface area contributed by atoms with Crippen LogP contribution < -0.4 is 4.90 Å². The molecule has 0 N–H and O–H groups in total. The van der Waals surface area contributed by atoms with Crippen LogP contribution in [-0.4, -0.2) is 50.1 Å². The van der Waals surface area contributed by atoms with Crippen LogP contribution in [0.25, 0.3) is 0 Å². The Morgan fingerprint density at radius 2 is 1.94 bits per heavy atom. The first kappa shape index (κ1) is 12.8. The Morgan fingerprint density at radius 3 is 2.39 bits per heavy atom. The van der Waals surface area contributed by atoms with Gasteiger partial charge in [-0.05, 0) is 12.1 Å². The first-order valence-electron chi connectivity index (χ1n) is 5.57. The van der Waals surface area contributed by atoms with E-state index >= 15 is 0 Å². The molecule has 0 unspecified atom stereocenters. The topological polar surface area (TPSA) is 77.3 Å².